The molecule has 1 amide bonds. The van der Waals surface area contributed by atoms with Gasteiger partial charge in [0.1, 0.15) is 0 Å². The number of para-hydroxylation sites is 1. The predicted molar refractivity (Wildman–Crippen MR) is 69.7 cm³/mol. The highest BCUT2D eigenvalue weighted by Gasteiger charge is 2.25. The van der Waals surface area contributed by atoms with E-state index in [0.29, 0.717) is 6.54 Å². The van der Waals surface area contributed by atoms with Crippen LogP contribution in [-0.4, -0.2) is 19.0 Å². The molecular formula is C13H19N3O. The Bertz CT molecular complexity index is 431. The number of primary amides is 1. The minimum Gasteiger partial charge on any atom is -0.397 e. The second kappa shape index (κ2) is 4.65. The number of hydrogen-bond acceptors (Lipinski definition) is 3. The van der Waals surface area contributed by atoms with E-state index in [1.165, 1.54) is 0 Å². The third kappa shape index (κ3) is 2.35. The fourth-order valence-corrected chi connectivity index (χ4v) is 2.37. The number of carbonyl (C=O) groups excluding carboxylic acids is 1. The summed E-state index contributed by atoms with van der Waals surface area (Å²) < 4.78 is 0. The lowest BCUT2D eigenvalue weighted by molar-refractivity contribution is -0.122. The highest BCUT2D eigenvalue weighted by atomic mass is 16.1. The van der Waals surface area contributed by atoms with E-state index >= 15 is 0 Å². The molecule has 92 valence electrons. The molecule has 0 spiro atoms. The molecule has 1 aromatic rings. The molecule has 1 unspecified atom stereocenters. The summed E-state index contributed by atoms with van der Waals surface area (Å²) in [6, 6.07) is 6.00. The van der Waals surface area contributed by atoms with E-state index in [-0.39, 0.29) is 11.8 Å². The average molecular weight is 233 g/mol. The van der Waals surface area contributed by atoms with Crippen LogP contribution >= 0.6 is 0 Å². The monoisotopic (exact) mass is 233 g/mol. The van der Waals surface area contributed by atoms with E-state index in [1.54, 1.807) is 0 Å². The van der Waals surface area contributed by atoms with Gasteiger partial charge < -0.3 is 16.4 Å². The van der Waals surface area contributed by atoms with Gasteiger partial charge in [-0.3, -0.25) is 4.79 Å². The molecule has 1 fully saturated rings. The van der Waals surface area contributed by atoms with Crippen LogP contribution in [0.5, 0.6) is 0 Å². The molecule has 1 aliphatic heterocycles. The fourth-order valence-electron chi connectivity index (χ4n) is 2.37. The lowest BCUT2D eigenvalue weighted by atomic mass is 9.96. The summed E-state index contributed by atoms with van der Waals surface area (Å²) >= 11 is 0. The largest absolute Gasteiger partial charge is 0.397 e. The molecule has 4 heteroatoms. The van der Waals surface area contributed by atoms with E-state index in [9.17, 15) is 4.79 Å². The zero-order chi connectivity index (χ0) is 12.4. The summed E-state index contributed by atoms with van der Waals surface area (Å²) in [6.45, 7) is 3.62. The molecule has 1 heterocycles. The molecule has 0 bridgehead atoms. The van der Waals surface area contributed by atoms with E-state index in [0.717, 1.165) is 36.3 Å². The Labute approximate surface area is 102 Å². The predicted octanol–water partition coefficient (Wildman–Crippen LogP) is 1.28. The molecular weight excluding hydrogens is 214 g/mol. The van der Waals surface area contributed by atoms with Gasteiger partial charge in [0.05, 0.1) is 17.3 Å². The van der Waals surface area contributed by atoms with Crippen LogP contribution in [0.2, 0.25) is 0 Å². The number of benzene rings is 1. The molecule has 0 aliphatic carbocycles. The summed E-state index contributed by atoms with van der Waals surface area (Å²) in [6.07, 6.45) is 1.87. The zero-order valence-electron chi connectivity index (χ0n) is 10.1. The summed E-state index contributed by atoms with van der Waals surface area (Å²) in [5, 5.41) is 0. The summed E-state index contributed by atoms with van der Waals surface area (Å²) in [7, 11) is 0. The van der Waals surface area contributed by atoms with Crippen LogP contribution in [0.25, 0.3) is 0 Å². The molecule has 1 saturated heterocycles. The van der Waals surface area contributed by atoms with Crippen molar-refractivity contribution in [3.05, 3.63) is 23.8 Å². The normalized spacial score (nSPS) is 20.3. The van der Waals surface area contributed by atoms with Crippen LogP contribution < -0.4 is 16.4 Å². The van der Waals surface area contributed by atoms with Gasteiger partial charge in [-0.05, 0) is 31.4 Å². The Hall–Kier alpha value is -1.71. The second-order valence-electron chi connectivity index (χ2n) is 4.70. The fraction of sp³-hybridized carbons (Fsp3) is 0.462. The number of amides is 1. The summed E-state index contributed by atoms with van der Waals surface area (Å²) in [5.74, 6) is -0.260. The first-order valence-corrected chi connectivity index (χ1v) is 5.99. The first-order valence-electron chi connectivity index (χ1n) is 5.99. The van der Waals surface area contributed by atoms with Gasteiger partial charge in [-0.25, -0.2) is 0 Å². The van der Waals surface area contributed by atoms with Crippen LogP contribution in [0.4, 0.5) is 11.4 Å². The van der Waals surface area contributed by atoms with Crippen molar-refractivity contribution in [2.75, 3.05) is 23.7 Å². The number of nitrogens with two attached hydrogens (primary N) is 2. The maximum Gasteiger partial charge on any atom is 0.222 e. The van der Waals surface area contributed by atoms with Crippen molar-refractivity contribution in [3.63, 3.8) is 0 Å². The number of piperidine rings is 1. The molecule has 0 radical (unpaired) electrons. The number of anilines is 2. The highest BCUT2D eigenvalue weighted by Crippen LogP contribution is 2.29. The summed E-state index contributed by atoms with van der Waals surface area (Å²) in [4.78, 5) is 13.4. The van der Waals surface area contributed by atoms with Gasteiger partial charge in [0.2, 0.25) is 5.91 Å². The smallest absolute Gasteiger partial charge is 0.222 e. The maximum atomic E-state index is 11.2. The van der Waals surface area contributed by atoms with E-state index in [2.05, 4.69) is 4.90 Å². The van der Waals surface area contributed by atoms with Crippen LogP contribution in [0, 0.1) is 12.8 Å². The van der Waals surface area contributed by atoms with Crippen LogP contribution in [0.15, 0.2) is 18.2 Å². The minimum absolute atomic E-state index is 0.0522. The van der Waals surface area contributed by atoms with Crippen molar-refractivity contribution in [1.29, 1.82) is 0 Å². The molecule has 4 nitrogen and oxygen atoms in total. The highest BCUT2D eigenvalue weighted by molar-refractivity contribution is 5.78. The van der Waals surface area contributed by atoms with Gasteiger partial charge in [-0.2, -0.15) is 0 Å². The van der Waals surface area contributed by atoms with Gasteiger partial charge in [0, 0.05) is 13.1 Å². The maximum absolute atomic E-state index is 11.2. The number of nitrogen functional groups attached to an aromatic ring is 1. The molecule has 2 rings (SSSR count). The topological polar surface area (TPSA) is 72.3 Å². The molecule has 4 N–H and O–H groups in total. The van der Waals surface area contributed by atoms with Gasteiger partial charge in [-0.15, -0.1) is 0 Å². The van der Waals surface area contributed by atoms with Crippen LogP contribution in [-0.2, 0) is 4.79 Å². The van der Waals surface area contributed by atoms with Crippen LogP contribution in [0.3, 0.4) is 0 Å². The third-order valence-electron chi connectivity index (χ3n) is 3.47. The van der Waals surface area contributed by atoms with Gasteiger partial charge in [-0.1, -0.05) is 12.1 Å². The SMILES string of the molecule is Cc1cccc(N2CCCC(C(N)=O)C2)c1N. The minimum atomic E-state index is -0.207. The first-order chi connectivity index (χ1) is 8.09. The Morgan fingerprint density at radius 1 is 1.47 bits per heavy atom. The van der Waals surface area contributed by atoms with Crippen molar-refractivity contribution in [3.8, 4) is 0 Å². The van der Waals surface area contributed by atoms with E-state index < -0.39 is 0 Å². The van der Waals surface area contributed by atoms with Crippen molar-refractivity contribution >= 4 is 17.3 Å². The molecule has 1 aliphatic rings. The number of rotatable bonds is 2. The molecule has 0 saturated carbocycles. The molecule has 1 atom stereocenters. The second-order valence-corrected chi connectivity index (χ2v) is 4.70. The lowest BCUT2D eigenvalue weighted by Gasteiger charge is -2.34. The number of aryl methyl sites for hydroxylation is 1. The number of carbonyl (C=O) groups is 1. The van der Waals surface area contributed by atoms with Crippen molar-refractivity contribution in [1.82, 2.24) is 0 Å². The van der Waals surface area contributed by atoms with Crippen LogP contribution in [0.1, 0.15) is 18.4 Å². The first kappa shape index (κ1) is 11.8. The van der Waals surface area contributed by atoms with Gasteiger partial charge >= 0.3 is 0 Å². The Balaban J connectivity index is 2.22. The Kier molecular flexibility index (Phi) is 3.22. The Morgan fingerprint density at radius 2 is 2.24 bits per heavy atom. The molecule has 17 heavy (non-hydrogen) atoms. The lowest BCUT2D eigenvalue weighted by Crippen LogP contribution is -2.41. The van der Waals surface area contributed by atoms with Gasteiger partial charge in [0.25, 0.3) is 0 Å². The average Bonchev–Trinajstić information content (AvgIpc) is 2.33. The zero-order valence-corrected chi connectivity index (χ0v) is 10.1. The molecule has 1 aromatic carbocycles. The van der Waals surface area contributed by atoms with E-state index in [4.69, 9.17) is 11.5 Å². The Morgan fingerprint density at radius 3 is 2.94 bits per heavy atom. The van der Waals surface area contributed by atoms with Gasteiger partial charge in [0.15, 0.2) is 0 Å². The molecule has 0 aromatic heterocycles. The third-order valence-corrected chi connectivity index (χ3v) is 3.47. The van der Waals surface area contributed by atoms with E-state index in [1.807, 2.05) is 25.1 Å². The standard InChI is InChI=1S/C13H19N3O/c1-9-4-2-6-11(12(9)14)16-7-3-5-10(8-16)13(15)17/h2,4,6,10H,3,5,7-8,14H2,1H3,(H2,15,17). The van der Waals surface area contributed by atoms with Crippen molar-refractivity contribution in [2.24, 2.45) is 11.7 Å². The summed E-state index contributed by atoms with van der Waals surface area (Å²) in [5.41, 5.74) is 14.4. The number of nitrogens with zero attached hydrogens (tertiary/aromatic N) is 1. The van der Waals surface area contributed by atoms with Crippen molar-refractivity contribution in [2.45, 2.75) is 19.8 Å². The number of hydrogen-bond donors (Lipinski definition) is 2. The van der Waals surface area contributed by atoms with Crippen molar-refractivity contribution < 1.29 is 4.79 Å². The quantitative estimate of drug-likeness (QED) is 0.756.